The fourth-order valence-corrected chi connectivity index (χ4v) is 3.54. The number of anilines is 1. The van der Waals surface area contributed by atoms with Gasteiger partial charge in [0.1, 0.15) is 20.9 Å². The van der Waals surface area contributed by atoms with Crippen LogP contribution >= 0.6 is 27.3 Å². The third-order valence-corrected chi connectivity index (χ3v) is 4.32. The number of alkyl halides is 2. The summed E-state index contributed by atoms with van der Waals surface area (Å²) in [6, 6.07) is 0. The highest BCUT2D eigenvalue weighted by molar-refractivity contribution is 9.11. The number of carbonyl (C=O) groups is 1. The summed E-state index contributed by atoms with van der Waals surface area (Å²) in [5.74, 6) is -0.716. The minimum atomic E-state index is -3.38. The van der Waals surface area contributed by atoms with Crippen LogP contribution in [0.1, 0.15) is 16.6 Å². The molecular formula is C11H11BrF2N2O3S. The average molecular weight is 369 g/mol. The van der Waals surface area contributed by atoms with Gasteiger partial charge >= 0.3 is 12.1 Å². The number of hydrogen-bond donors (Lipinski definition) is 1. The first-order chi connectivity index (χ1) is 9.25. The van der Waals surface area contributed by atoms with Gasteiger partial charge < -0.3 is 19.8 Å². The third-order valence-electron chi connectivity index (χ3n) is 2.54. The molecule has 0 amide bonds. The van der Waals surface area contributed by atoms with Crippen molar-refractivity contribution in [3.05, 3.63) is 8.66 Å². The Kier molecular flexibility index (Phi) is 4.01. The summed E-state index contributed by atoms with van der Waals surface area (Å²) in [5, 5.41) is 7.48. The zero-order valence-electron chi connectivity index (χ0n) is 10.6. The molecule has 0 saturated carbocycles. The lowest BCUT2D eigenvalue weighted by atomic mass is 10.2. The Labute approximate surface area is 126 Å². The van der Waals surface area contributed by atoms with E-state index in [0.717, 1.165) is 11.3 Å². The second kappa shape index (κ2) is 5.28. The van der Waals surface area contributed by atoms with Crippen LogP contribution in [0.5, 0.6) is 5.75 Å². The second-order valence-corrected chi connectivity index (χ2v) is 6.59. The van der Waals surface area contributed by atoms with Gasteiger partial charge in [-0.25, -0.2) is 4.79 Å². The smallest absolute Gasteiger partial charge is 0.416 e. The van der Waals surface area contributed by atoms with Gasteiger partial charge in [-0.2, -0.15) is 8.78 Å². The van der Waals surface area contributed by atoms with Crippen molar-refractivity contribution in [2.24, 2.45) is 0 Å². The van der Waals surface area contributed by atoms with Gasteiger partial charge in [-0.3, -0.25) is 0 Å². The summed E-state index contributed by atoms with van der Waals surface area (Å²) < 4.78 is 36.8. The molecule has 0 radical (unpaired) electrons. The van der Waals surface area contributed by atoms with E-state index in [1.165, 1.54) is 18.9 Å². The number of carbonyl (C=O) groups excluding carboxylic acids is 1. The molecule has 0 atom stereocenters. The van der Waals surface area contributed by atoms with Crippen molar-refractivity contribution >= 4 is 44.6 Å². The summed E-state index contributed by atoms with van der Waals surface area (Å²) in [6.07, 6.45) is -3.38. The fraction of sp³-hybridized carbons (Fsp3) is 0.455. The number of hydrogen-bond acceptors (Lipinski definition) is 6. The van der Waals surface area contributed by atoms with Crippen LogP contribution < -0.4 is 9.64 Å². The van der Waals surface area contributed by atoms with E-state index < -0.39 is 18.6 Å². The molecule has 2 rings (SSSR count). The maximum atomic E-state index is 13.6. The van der Waals surface area contributed by atoms with Crippen molar-refractivity contribution in [1.29, 1.82) is 5.41 Å². The molecule has 0 spiro atoms. The summed E-state index contributed by atoms with van der Waals surface area (Å²) in [6.45, 7) is 0.773. The van der Waals surface area contributed by atoms with Crippen molar-refractivity contribution in [1.82, 2.24) is 0 Å². The van der Waals surface area contributed by atoms with E-state index in [-0.39, 0.29) is 28.6 Å². The minimum Gasteiger partial charge on any atom is -0.465 e. The average Bonchev–Trinajstić information content (AvgIpc) is 2.64. The second-order valence-electron chi connectivity index (χ2n) is 4.25. The highest BCUT2D eigenvalue weighted by atomic mass is 79.9. The number of rotatable bonds is 3. The van der Waals surface area contributed by atoms with Crippen LogP contribution in [0.25, 0.3) is 0 Å². The normalized spacial score (nSPS) is 16.4. The number of fused-ring (bicyclic) bond motifs is 1. The molecule has 0 unspecified atom stereocenters. The topological polar surface area (TPSA) is 62.6 Å². The van der Waals surface area contributed by atoms with E-state index in [9.17, 15) is 13.6 Å². The van der Waals surface area contributed by atoms with E-state index in [2.05, 4.69) is 25.4 Å². The lowest BCUT2D eigenvalue weighted by Crippen LogP contribution is -2.46. The number of thiophene rings is 1. The standard InChI is InChI=1S/C11H11BrF2N2O3S/c1-5(15)3-16-4-11(13,14)19-7-6(16)8(10(17)18-2)20-9(7)12/h15H,3-4H2,1-2H3. The summed E-state index contributed by atoms with van der Waals surface area (Å²) >= 11 is 4.08. The number of ether oxygens (including phenoxy) is 2. The van der Waals surface area contributed by atoms with E-state index in [4.69, 9.17) is 5.41 Å². The first-order valence-corrected chi connectivity index (χ1v) is 7.12. The van der Waals surface area contributed by atoms with Gasteiger partial charge in [0.2, 0.25) is 0 Å². The van der Waals surface area contributed by atoms with E-state index in [0.29, 0.717) is 3.79 Å². The maximum Gasteiger partial charge on any atom is 0.416 e. The van der Waals surface area contributed by atoms with Gasteiger partial charge in [0.25, 0.3) is 0 Å². The number of nitrogens with one attached hydrogen (secondary N) is 1. The van der Waals surface area contributed by atoms with Crippen molar-refractivity contribution in [3.63, 3.8) is 0 Å². The van der Waals surface area contributed by atoms with Crippen LogP contribution in [0, 0.1) is 5.41 Å². The summed E-state index contributed by atoms with van der Waals surface area (Å²) in [4.78, 5) is 13.2. The lowest BCUT2D eigenvalue weighted by molar-refractivity contribution is -0.171. The van der Waals surface area contributed by atoms with Gasteiger partial charge in [-0.15, -0.1) is 11.3 Å². The Hall–Kier alpha value is -1.22. The quantitative estimate of drug-likeness (QED) is 0.657. The van der Waals surface area contributed by atoms with E-state index in [1.807, 2.05) is 0 Å². The van der Waals surface area contributed by atoms with Crippen molar-refractivity contribution in [2.75, 3.05) is 25.1 Å². The highest BCUT2D eigenvalue weighted by Crippen LogP contribution is 2.50. The molecule has 0 aliphatic carbocycles. The largest absolute Gasteiger partial charge is 0.465 e. The number of nitrogens with zero attached hydrogens (tertiary/aromatic N) is 1. The predicted molar refractivity (Wildman–Crippen MR) is 74.5 cm³/mol. The van der Waals surface area contributed by atoms with Gasteiger partial charge in [0.15, 0.2) is 5.75 Å². The summed E-state index contributed by atoms with van der Waals surface area (Å²) in [7, 11) is 1.22. The number of halogens is 3. The molecule has 110 valence electrons. The van der Waals surface area contributed by atoms with Crippen molar-refractivity contribution in [3.8, 4) is 5.75 Å². The monoisotopic (exact) mass is 368 g/mol. The van der Waals surface area contributed by atoms with Gasteiger partial charge in [0, 0.05) is 5.71 Å². The van der Waals surface area contributed by atoms with Crippen LogP contribution in [-0.2, 0) is 4.74 Å². The number of methoxy groups -OCH3 is 1. The lowest BCUT2D eigenvalue weighted by Gasteiger charge is -2.34. The predicted octanol–water partition coefficient (Wildman–Crippen LogP) is 3.13. The zero-order valence-corrected chi connectivity index (χ0v) is 13.0. The molecule has 2 heterocycles. The van der Waals surface area contributed by atoms with Crippen LogP contribution in [0.3, 0.4) is 0 Å². The third kappa shape index (κ3) is 2.78. The molecule has 1 aliphatic heterocycles. The first kappa shape index (κ1) is 15.2. The molecule has 0 saturated heterocycles. The van der Waals surface area contributed by atoms with Gasteiger partial charge in [-0.1, -0.05) is 0 Å². The van der Waals surface area contributed by atoms with E-state index in [1.54, 1.807) is 0 Å². The molecular weight excluding hydrogens is 358 g/mol. The maximum absolute atomic E-state index is 13.6. The minimum absolute atomic E-state index is 0.0148. The van der Waals surface area contributed by atoms with Crippen LogP contribution in [-0.4, -0.2) is 38.0 Å². The van der Waals surface area contributed by atoms with Gasteiger partial charge in [0.05, 0.1) is 13.7 Å². The number of esters is 1. The SMILES string of the molecule is COC(=O)c1sc(Br)c2c1N(CC(C)=N)CC(F)(F)O2. The Balaban J connectivity index is 2.54. The van der Waals surface area contributed by atoms with Crippen molar-refractivity contribution in [2.45, 2.75) is 13.0 Å². The zero-order chi connectivity index (χ0) is 15.1. The molecule has 20 heavy (non-hydrogen) atoms. The molecule has 1 aromatic rings. The Morgan fingerprint density at radius 3 is 2.85 bits per heavy atom. The highest BCUT2D eigenvalue weighted by Gasteiger charge is 2.44. The molecule has 0 fully saturated rings. The first-order valence-electron chi connectivity index (χ1n) is 5.51. The molecule has 0 aromatic carbocycles. The van der Waals surface area contributed by atoms with E-state index >= 15 is 0 Å². The molecule has 5 nitrogen and oxygen atoms in total. The van der Waals surface area contributed by atoms with Crippen LogP contribution in [0.2, 0.25) is 0 Å². The fourth-order valence-electron chi connectivity index (χ4n) is 1.89. The van der Waals surface area contributed by atoms with Crippen LogP contribution in [0.15, 0.2) is 3.79 Å². The van der Waals surface area contributed by atoms with Crippen LogP contribution in [0.4, 0.5) is 14.5 Å². The molecule has 1 N–H and O–H groups in total. The molecule has 1 aromatic heterocycles. The van der Waals surface area contributed by atoms with Gasteiger partial charge in [-0.05, 0) is 22.9 Å². The van der Waals surface area contributed by atoms with Crippen molar-refractivity contribution < 1.29 is 23.0 Å². The molecule has 9 heteroatoms. The Bertz CT molecular complexity index is 576. The molecule has 1 aliphatic rings. The Morgan fingerprint density at radius 1 is 1.65 bits per heavy atom. The summed E-state index contributed by atoms with van der Waals surface area (Å²) in [5.41, 5.74) is 0.443. The Morgan fingerprint density at radius 2 is 2.30 bits per heavy atom. The molecule has 0 bridgehead atoms.